The number of nitrogens with zero attached hydrogens (tertiary/aromatic N) is 1. The molecule has 4 rings (SSSR count). The Hall–Kier alpha value is -3.51. The van der Waals surface area contributed by atoms with Gasteiger partial charge in [-0.25, -0.2) is 4.79 Å². The first-order valence-corrected chi connectivity index (χ1v) is 10.2. The lowest BCUT2D eigenvalue weighted by Gasteiger charge is -2.14. The Labute approximate surface area is 185 Å². The maximum absolute atomic E-state index is 12.3. The van der Waals surface area contributed by atoms with Crippen molar-refractivity contribution >= 4 is 40.4 Å². The Balaban J connectivity index is 1.57. The van der Waals surface area contributed by atoms with Gasteiger partial charge in [-0.1, -0.05) is 48.0 Å². The van der Waals surface area contributed by atoms with Crippen LogP contribution in [-0.2, 0) is 11.4 Å². The first kappa shape index (κ1) is 20.8. The summed E-state index contributed by atoms with van der Waals surface area (Å²) in [6.45, 7) is 2.36. The number of hydrogen-bond donors (Lipinski definition) is 1. The van der Waals surface area contributed by atoms with E-state index < -0.39 is 6.03 Å². The van der Waals surface area contributed by atoms with Gasteiger partial charge in [-0.05, 0) is 53.1 Å². The van der Waals surface area contributed by atoms with E-state index in [0.717, 1.165) is 21.2 Å². The van der Waals surface area contributed by atoms with Gasteiger partial charge in [-0.3, -0.25) is 9.69 Å². The van der Waals surface area contributed by atoms with Crippen LogP contribution >= 0.6 is 11.6 Å². The zero-order valence-electron chi connectivity index (χ0n) is 17.1. The number of amides is 3. The van der Waals surface area contributed by atoms with Gasteiger partial charge in [0.2, 0.25) is 0 Å². The van der Waals surface area contributed by atoms with E-state index in [1.54, 1.807) is 25.1 Å². The van der Waals surface area contributed by atoms with Crippen LogP contribution in [0.15, 0.2) is 60.3 Å². The standard InChI is InChI=1S/C24H21ClN2O4/c1-3-27-23(28)20(26-24(27)29)12-16-11-19(25)22(21(13-16)30-2)31-14-15-8-9-17-6-4-5-7-18(17)10-15/h4-13H,3,14H2,1-2H3,(H,26,29)/b20-12+. The smallest absolute Gasteiger partial charge is 0.328 e. The topological polar surface area (TPSA) is 67.9 Å². The normalized spacial score (nSPS) is 14.9. The summed E-state index contributed by atoms with van der Waals surface area (Å²) in [6.07, 6.45) is 1.57. The quantitative estimate of drug-likeness (QED) is 0.436. The molecule has 158 valence electrons. The summed E-state index contributed by atoms with van der Waals surface area (Å²) in [5.74, 6) is 0.472. The number of carbonyl (C=O) groups excluding carboxylic acids is 2. The summed E-state index contributed by atoms with van der Waals surface area (Å²) in [7, 11) is 1.52. The molecule has 1 N–H and O–H groups in total. The molecule has 1 fully saturated rings. The number of ether oxygens (including phenoxy) is 2. The summed E-state index contributed by atoms with van der Waals surface area (Å²) in [5.41, 5.74) is 1.80. The van der Waals surface area contributed by atoms with Gasteiger partial charge in [0.1, 0.15) is 12.3 Å². The van der Waals surface area contributed by atoms with Crippen molar-refractivity contribution < 1.29 is 19.1 Å². The number of fused-ring (bicyclic) bond motifs is 1. The van der Waals surface area contributed by atoms with Gasteiger partial charge in [0.25, 0.3) is 5.91 Å². The molecular formula is C24H21ClN2O4. The fourth-order valence-corrected chi connectivity index (χ4v) is 3.75. The van der Waals surface area contributed by atoms with Crippen molar-refractivity contribution in [3.8, 4) is 11.5 Å². The molecule has 31 heavy (non-hydrogen) atoms. The number of rotatable bonds is 6. The first-order valence-electron chi connectivity index (χ1n) is 9.82. The van der Waals surface area contributed by atoms with Gasteiger partial charge in [-0.2, -0.15) is 0 Å². The molecule has 1 aliphatic rings. The molecule has 0 aromatic heterocycles. The molecule has 6 nitrogen and oxygen atoms in total. The maximum Gasteiger partial charge on any atom is 0.328 e. The minimum atomic E-state index is -0.438. The van der Waals surface area contributed by atoms with Crippen LogP contribution in [0.4, 0.5) is 4.79 Å². The van der Waals surface area contributed by atoms with Crippen LogP contribution < -0.4 is 14.8 Å². The molecule has 0 radical (unpaired) electrons. The molecule has 0 spiro atoms. The van der Waals surface area contributed by atoms with Crippen molar-refractivity contribution in [1.82, 2.24) is 10.2 Å². The number of carbonyl (C=O) groups is 2. The van der Waals surface area contributed by atoms with Gasteiger partial charge < -0.3 is 14.8 Å². The molecule has 7 heteroatoms. The summed E-state index contributed by atoms with van der Waals surface area (Å²) in [5, 5.41) is 5.21. The van der Waals surface area contributed by atoms with Crippen molar-refractivity contribution in [2.45, 2.75) is 13.5 Å². The van der Waals surface area contributed by atoms with E-state index in [0.29, 0.717) is 35.2 Å². The molecule has 0 aliphatic carbocycles. The van der Waals surface area contributed by atoms with Crippen molar-refractivity contribution in [2.24, 2.45) is 0 Å². The van der Waals surface area contributed by atoms with Crippen molar-refractivity contribution in [1.29, 1.82) is 0 Å². The van der Waals surface area contributed by atoms with Crippen LogP contribution in [0, 0.1) is 0 Å². The van der Waals surface area contributed by atoms with E-state index in [4.69, 9.17) is 21.1 Å². The highest BCUT2D eigenvalue weighted by Crippen LogP contribution is 2.37. The molecule has 1 saturated heterocycles. The predicted molar refractivity (Wildman–Crippen MR) is 120 cm³/mol. The summed E-state index contributed by atoms with van der Waals surface area (Å²) >= 11 is 6.46. The second-order valence-corrected chi connectivity index (χ2v) is 7.45. The molecule has 0 saturated carbocycles. The average molecular weight is 437 g/mol. The predicted octanol–water partition coefficient (Wildman–Crippen LogP) is 4.99. The third-order valence-corrected chi connectivity index (χ3v) is 5.32. The summed E-state index contributed by atoms with van der Waals surface area (Å²) < 4.78 is 11.4. The molecule has 0 unspecified atom stereocenters. The first-order chi connectivity index (χ1) is 15.0. The molecule has 1 aliphatic heterocycles. The van der Waals surface area contributed by atoms with Gasteiger partial charge in [0.05, 0.1) is 12.1 Å². The maximum atomic E-state index is 12.3. The lowest BCUT2D eigenvalue weighted by molar-refractivity contribution is -0.122. The fourth-order valence-electron chi connectivity index (χ4n) is 3.47. The molecular weight excluding hydrogens is 416 g/mol. The van der Waals surface area contributed by atoms with Gasteiger partial charge in [0.15, 0.2) is 11.5 Å². The lowest BCUT2D eigenvalue weighted by atomic mass is 10.1. The molecule has 3 aromatic rings. The Kier molecular flexibility index (Phi) is 5.82. The van der Waals surface area contributed by atoms with E-state index >= 15 is 0 Å². The van der Waals surface area contributed by atoms with Gasteiger partial charge in [0, 0.05) is 6.54 Å². The third kappa shape index (κ3) is 4.20. The minimum Gasteiger partial charge on any atom is -0.493 e. The second-order valence-electron chi connectivity index (χ2n) is 7.04. The highest BCUT2D eigenvalue weighted by molar-refractivity contribution is 6.32. The van der Waals surface area contributed by atoms with E-state index in [-0.39, 0.29) is 11.6 Å². The Morgan fingerprint density at radius 3 is 2.55 bits per heavy atom. The molecule has 0 bridgehead atoms. The second kappa shape index (κ2) is 8.70. The summed E-state index contributed by atoms with van der Waals surface area (Å²) in [4.78, 5) is 25.3. The summed E-state index contributed by atoms with van der Waals surface area (Å²) in [6, 6.07) is 17.2. The van der Waals surface area contributed by atoms with Crippen LogP contribution in [0.3, 0.4) is 0 Å². The zero-order chi connectivity index (χ0) is 22.0. The van der Waals surface area contributed by atoms with Crippen LogP contribution in [0.1, 0.15) is 18.1 Å². The SMILES string of the molecule is CCN1C(=O)N/C(=C/c2cc(Cl)c(OCc3ccc4ccccc4c3)c(OC)c2)C1=O. The van der Waals surface area contributed by atoms with Crippen LogP contribution in [0.25, 0.3) is 16.8 Å². The number of methoxy groups -OCH3 is 1. The number of halogens is 1. The highest BCUT2D eigenvalue weighted by atomic mass is 35.5. The number of benzene rings is 3. The molecule has 0 atom stereocenters. The van der Waals surface area contributed by atoms with Crippen molar-refractivity contribution in [3.63, 3.8) is 0 Å². The fraction of sp³-hybridized carbons (Fsp3) is 0.167. The van der Waals surface area contributed by atoms with Crippen LogP contribution in [-0.4, -0.2) is 30.5 Å². The van der Waals surface area contributed by atoms with Crippen molar-refractivity contribution in [3.05, 3.63) is 76.4 Å². The number of imide groups is 1. The number of urea groups is 1. The molecule has 1 heterocycles. The van der Waals surface area contributed by atoms with Crippen LogP contribution in [0.2, 0.25) is 5.02 Å². The largest absolute Gasteiger partial charge is 0.493 e. The Morgan fingerprint density at radius 1 is 1.06 bits per heavy atom. The highest BCUT2D eigenvalue weighted by Gasteiger charge is 2.32. The monoisotopic (exact) mass is 436 g/mol. The van der Waals surface area contributed by atoms with E-state index in [1.165, 1.54) is 7.11 Å². The molecule has 3 amide bonds. The Bertz CT molecular complexity index is 1210. The number of nitrogens with one attached hydrogen (secondary N) is 1. The van der Waals surface area contributed by atoms with E-state index in [1.807, 2.05) is 18.2 Å². The van der Waals surface area contributed by atoms with Gasteiger partial charge in [-0.15, -0.1) is 0 Å². The Morgan fingerprint density at radius 2 is 1.84 bits per heavy atom. The zero-order valence-corrected chi connectivity index (χ0v) is 17.9. The van der Waals surface area contributed by atoms with Crippen molar-refractivity contribution in [2.75, 3.05) is 13.7 Å². The third-order valence-electron chi connectivity index (χ3n) is 5.04. The van der Waals surface area contributed by atoms with E-state index in [2.05, 4.69) is 29.6 Å². The average Bonchev–Trinajstić information content (AvgIpc) is 3.04. The lowest BCUT2D eigenvalue weighted by Crippen LogP contribution is -2.30. The van der Waals surface area contributed by atoms with E-state index in [9.17, 15) is 9.59 Å². The number of likely N-dealkylation sites (N-methyl/N-ethyl adjacent to an activating group) is 1. The minimum absolute atomic E-state index is 0.190. The van der Waals surface area contributed by atoms with Crippen LogP contribution in [0.5, 0.6) is 11.5 Å². The van der Waals surface area contributed by atoms with Gasteiger partial charge >= 0.3 is 6.03 Å². The number of hydrogen-bond acceptors (Lipinski definition) is 4. The molecule has 3 aromatic carbocycles.